The second-order valence-corrected chi connectivity index (χ2v) is 3.36. The molecule has 0 aliphatic rings. The highest BCUT2D eigenvalue weighted by Gasteiger charge is 2.33. The summed E-state index contributed by atoms with van der Waals surface area (Å²) in [6.07, 6.45) is -9.20. The summed E-state index contributed by atoms with van der Waals surface area (Å²) in [5.74, 6) is -4.38. The Morgan fingerprint density at radius 2 is 1.25 bits per heavy atom. The van der Waals surface area contributed by atoms with Crippen LogP contribution < -0.4 is 0 Å². The van der Waals surface area contributed by atoms with E-state index in [2.05, 4.69) is 0 Å². The van der Waals surface area contributed by atoms with Gasteiger partial charge in [0.1, 0.15) is 24.7 Å². The third kappa shape index (κ3) is 8.93. The van der Waals surface area contributed by atoms with E-state index in [1.54, 1.807) is 0 Å². The molecule has 11 heteroatoms. The van der Waals surface area contributed by atoms with Crippen LogP contribution in [0.1, 0.15) is 6.42 Å². The molecule has 0 amide bonds. The van der Waals surface area contributed by atoms with Gasteiger partial charge in [-0.3, -0.25) is 9.59 Å². The lowest BCUT2D eigenvalue weighted by molar-refractivity contribution is -0.163. The number of rotatable bonds is 7. The van der Waals surface area contributed by atoms with Gasteiger partial charge in [0, 0.05) is 0 Å². The molecular formula is C9H14O11. The fraction of sp³-hybridized carbons (Fsp3) is 0.556. The van der Waals surface area contributed by atoms with E-state index in [4.69, 9.17) is 35.7 Å². The summed E-state index contributed by atoms with van der Waals surface area (Å²) in [4.78, 5) is 38.8. The van der Waals surface area contributed by atoms with Crippen LogP contribution in [0.15, 0.2) is 0 Å². The van der Waals surface area contributed by atoms with Gasteiger partial charge < -0.3 is 40.5 Å². The quantitative estimate of drug-likeness (QED) is 0.179. The molecule has 7 N–H and O–H groups in total. The number of hydrogen-bond donors (Lipinski definition) is 7. The van der Waals surface area contributed by atoms with Gasteiger partial charge in [-0.1, -0.05) is 0 Å². The smallest absolute Gasteiger partial charge is 0.335 e. The van der Waals surface area contributed by atoms with Crippen LogP contribution in [-0.4, -0.2) is 84.4 Å². The van der Waals surface area contributed by atoms with Crippen molar-refractivity contribution < 1.29 is 54.9 Å². The summed E-state index contributed by atoms with van der Waals surface area (Å²) >= 11 is 0. The third-order valence-electron chi connectivity index (χ3n) is 1.72. The monoisotopic (exact) mass is 298 g/mol. The second-order valence-electron chi connectivity index (χ2n) is 3.36. The number of hydrogen-bond acceptors (Lipinski definition) is 8. The normalized spacial score (nSPS) is 15.8. The number of carbonyl (C=O) groups is 4. The number of carboxylic acid groups (broad SMARTS) is 3. The van der Waals surface area contributed by atoms with Crippen LogP contribution in [-0.2, 0) is 19.2 Å². The molecular weight excluding hydrogens is 284 g/mol. The molecule has 0 aliphatic heterocycles. The summed E-state index contributed by atoms with van der Waals surface area (Å²) in [6.45, 7) is 0. The van der Waals surface area contributed by atoms with E-state index >= 15 is 0 Å². The first-order valence-electron chi connectivity index (χ1n) is 4.88. The number of aliphatic carboxylic acids is 3. The summed E-state index contributed by atoms with van der Waals surface area (Å²) in [6, 6.07) is 0. The maximum absolute atomic E-state index is 10.1. The summed E-state index contributed by atoms with van der Waals surface area (Å²) in [7, 11) is 0. The Hall–Kier alpha value is -2.08. The first kappa shape index (κ1) is 20.2. The van der Waals surface area contributed by atoms with Crippen LogP contribution in [0.5, 0.6) is 0 Å². The summed E-state index contributed by atoms with van der Waals surface area (Å²) in [5, 5.41) is 58.6. The van der Waals surface area contributed by atoms with Crippen molar-refractivity contribution in [3.63, 3.8) is 0 Å². The molecule has 0 bridgehead atoms. The fourth-order valence-electron chi connectivity index (χ4n) is 0.745. The van der Waals surface area contributed by atoms with Gasteiger partial charge in [0.2, 0.25) is 0 Å². The Labute approximate surface area is 111 Å². The minimum Gasteiger partial charge on any atom is -0.481 e. The molecule has 0 unspecified atom stereocenters. The molecule has 11 nitrogen and oxygen atoms in total. The molecule has 0 fully saturated rings. The number of aldehydes is 1. The van der Waals surface area contributed by atoms with Crippen molar-refractivity contribution >= 4 is 24.2 Å². The molecule has 0 spiro atoms. The lowest BCUT2D eigenvalue weighted by Crippen LogP contribution is -2.48. The zero-order valence-corrected chi connectivity index (χ0v) is 9.86. The molecule has 116 valence electrons. The van der Waals surface area contributed by atoms with Crippen LogP contribution in [0.4, 0.5) is 0 Å². The van der Waals surface area contributed by atoms with Crippen LogP contribution in [0.2, 0.25) is 0 Å². The van der Waals surface area contributed by atoms with Crippen LogP contribution >= 0.6 is 0 Å². The number of aliphatic hydroxyl groups is 4. The maximum Gasteiger partial charge on any atom is 0.335 e. The lowest BCUT2D eigenvalue weighted by atomic mass is 10.0. The standard InChI is InChI=1S/C6H10O7.C3H4O4/c7-1-2(8)3(9)4(10)5(11)6(12)13;4-2(5)1-3(6)7/h1-5,8-11H,(H,12,13);1H2,(H,4,5)(H,6,7)/t2-,3+,4-,5-;/m0./s1. The van der Waals surface area contributed by atoms with Crippen molar-refractivity contribution in [1.29, 1.82) is 0 Å². The van der Waals surface area contributed by atoms with E-state index in [0.29, 0.717) is 0 Å². The summed E-state index contributed by atoms with van der Waals surface area (Å²) < 4.78 is 0. The van der Waals surface area contributed by atoms with Gasteiger partial charge in [-0.25, -0.2) is 4.79 Å². The number of aliphatic hydroxyl groups excluding tert-OH is 4. The molecule has 0 radical (unpaired) electrons. The maximum atomic E-state index is 10.1. The Kier molecular flexibility index (Phi) is 9.92. The largest absolute Gasteiger partial charge is 0.481 e. The van der Waals surface area contributed by atoms with Gasteiger partial charge in [-0.2, -0.15) is 0 Å². The molecule has 0 heterocycles. The van der Waals surface area contributed by atoms with E-state index < -0.39 is 48.7 Å². The van der Waals surface area contributed by atoms with E-state index in [1.807, 2.05) is 0 Å². The van der Waals surface area contributed by atoms with Gasteiger partial charge in [-0.15, -0.1) is 0 Å². The average molecular weight is 298 g/mol. The zero-order valence-electron chi connectivity index (χ0n) is 9.86. The molecule has 20 heavy (non-hydrogen) atoms. The lowest BCUT2D eigenvalue weighted by Gasteiger charge is -2.21. The van der Waals surface area contributed by atoms with Crippen molar-refractivity contribution in [1.82, 2.24) is 0 Å². The van der Waals surface area contributed by atoms with E-state index in [-0.39, 0.29) is 6.29 Å². The molecule has 0 saturated heterocycles. The SMILES string of the molecule is O=C(O)CC(=O)O.O=C[C@H](O)[C@@H](O)[C@H](O)[C@H](O)C(=O)O. The first-order chi connectivity index (χ1) is 9.04. The number of carbonyl (C=O) groups excluding carboxylic acids is 1. The van der Waals surface area contributed by atoms with Gasteiger partial charge >= 0.3 is 17.9 Å². The highest BCUT2D eigenvalue weighted by Crippen LogP contribution is 2.03. The topological polar surface area (TPSA) is 210 Å². The van der Waals surface area contributed by atoms with Crippen LogP contribution in [0.3, 0.4) is 0 Å². The number of carboxylic acids is 3. The highest BCUT2D eigenvalue weighted by molar-refractivity contribution is 5.88. The molecule has 0 rings (SSSR count). The minimum atomic E-state index is -2.25. The van der Waals surface area contributed by atoms with Crippen molar-refractivity contribution in [3.05, 3.63) is 0 Å². The predicted octanol–water partition coefficient (Wildman–Crippen LogP) is -3.74. The van der Waals surface area contributed by atoms with Crippen molar-refractivity contribution in [2.45, 2.75) is 30.8 Å². The zero-order chi connectivity index (χ0) is 16.5. The highest BCUT2D eigenvalue weighted by atomic mass is 16.4. The molecule has 4 atom stereocenters. The van der Waals surface area contributed by atoms with Gasteiger partial charge in [0.25, 0.3) is 0 Å². The average Bonchev–Trinajstić information content (AvgIpc) is 2.33. The van der Waals surface area contributed by atoms with E-state index in [0.717, 1.165) is 0 Å². The molecule has 0 saturated carbocycles. The second kappa shape index (κ2) is 9.80. The molecule has 0 aromatic heterocycles. The summed E-state index contributed by atoms with van der Waals surface area (Å²) in [5.41, 5.74) is 0. The van der Waals surface area contributed by atoms with Crippen molar-refractivity contribution in [2.75, 3.05) is 0 Å². The van der Waals surface area contributed by atoms with Gasteiger partial charge in [0.05, 0.1) is 0 Å². The fourth-order valence-corrected chi connectivity index (χ4v) is 0.745. The van der Waals surface area contributed by atoms with E-state index in [1.165, 1.54) is 0 Å². The Morgan fingerprint density at radius 3 is 1.45 bits per heavy atom. The van der Waals surface area contributed by atoms with Gasteiger partial charge in [-0.05, 0) is 0 Å². The van der Waals surface area contributed by atoms with Crippen LogP contribution in [0, 0.1) is 0 Å². The van der Waals surface area contributed by atoms with Crippen molar-refractivity contribution in [3.8, 4) is 0 Å². The first-order valence-corrected chi connectivity index (χ1v) is 4.88. The Balaban J connectivity index is 0. The molecule has 0 aliphatic carbocycles. The predicted molar refractivity (Wildman–Crippen MR) is 57.6 cm³/mol. The Bertz CT molecular complexity index is 340. The Morgan fingerprint density at radius 1 is 0.850 bits per heavy atom. The van der Waals surface area contributed by atoms with Gasteiger partial charge in [0.15, 0.2) is 12.4 Å². The third-order valence-corrected chi connectivity index (χ3v) is 1.72. The van der Waals surface area contributed by atoms with Crippen LogP contribution in [0.25, 0.3) is 0 Å². The molecule has 0 aromatic rings. The minimum absolute atomic E-state index is 0.0809. The van der Waals surface area contributed by atoms with E-state index in [9.17, 15) is 19.2 Å². The molecule has 0 aromatic carbocycles. The van der Waals surface area contributed by atoms with Crippen molar-refractivity contribution in [2.24, 2.45) is 0 Å².